The molecule has 0 radical (unpaired) electrons. The smallest absolute Gasteiger partial charge is 0.166 e. The lowest BCUT2D eigenvalue weighted by Gasteiger charge is -2.17. The minimum absolute atomic E-state index is 0.560. The summed E-state index contributed by atoms with van der Waals surface area (Å²) in [6, 6.07) is 71.5. The maximum absolute atomic E-state index is 5.38. The van der Waals surface area contributed by atoms with Gasteiger partial charge < -0.3 is 4.57 Å². The number of benzene rings is 8. The van der Waals surface area contributed by atoms with Gasteiger partial charge in [-0.2, -0.15) is 0 Å². The predicted molar refractivity (Wildman–Crippen MR) is 255 cm³/mol. The van der Waals surface area contributed by atoms with Crippen LogP contribution in [0.1, 0.15) is 0 Å². The Morgan fingerprint density at radius 2 is 0.887 bits per heavy atom. The van der Waals surface area contributed by atoms with Crippen LogP contribution in [0, 0.1) is 0 Å². The zero-order chi connectivity index (χ0) is 41.0. The van der Waals surface area contributed by atoms with Crippen molar-refractivity contribution < 1.29 is 0 Å². The van der Waals surface area contributed by atoms with Gasteiger partial charge >= 0.3 is 0 Å². The molecule has 0 N–H and O–H groups in total. The van der Waals surface area contributed by atoms with E-state index in [1.54, 1.807) is 11.3 Å². The third kappa shape index (κ3) is 6.06. The van der Waals surface area contributed by atoms with Crippen molar-refractivity contribution in [2.24, 2.45) is 0 Å². The zero-order valence-electron chi connectivity index (χ0n) is 33.2. The monoisotopic (exact) mass is 810 g/mol. The Labute approximate surface area is 361 Å². The van der Waals surface area contributed by atoms with Crippen LogP contribution < -0.4 is 0 Å². The van der Waals surface area contributed by atoms with Crippen molar-refractivity contribution in [1.82, 2.24) is 29.5 Å². The maximum atomic E-state index is 5.38. The minimum atomic E-state index is 0.560. The SMILES string of the molecule is c1ccc(-c2nc(-c3ccccc3)nc(-c3cc(-c4nc(-c5ccccc5)nc5c4sc4ccccc45)ccc3-n3c4ccccc4c4c(-c5ccccc5)cccc43)n2)cc1. The molecule has 4 heterocycles. The van der Waals surface area contributed by atoms with Crippen LogP contribution in [-0.2, 0) is 0 Å². The summed E-state index contributed by atoms with van der Waals surface area (Å²) in [6.45, 7) is 0. The molecule has 0 atom stereocenters. The number of fused-ring (bicyclic) bond motifs is 6. The number of hydrogen-bond donors (Lipinski definition) is 0. The van der Waals surface area contributed by atoms with E-state index in [2.05, 4.69) is 132 Å². The lowest BCUT2D eigenvalue weighted by atomic mass is 9.99. The topological polar surface area (TPSA) is 69.4 Å². The highest BCUT2D eigenvalue weighted by Crippen LogP contribution is 2.44. The molecule has 290 valence electrons. The van der Waals surface area contributed by atoms with Gasteiger partial charge in [-0.05, 0) is 41.5 Å². The first-order valence-electron chi connectivity index (χ1n) is 20.6. The quantitative estimate of drug-likeness (QED) is 0.160. The summed E-state index contributed by atoms with van der Waals surface area (Å²) in [5, 5.41) is 3.46. The molecule has 0 bridgehead atoms. The Bertz CT molecular complexity index is 3560. The summed E-state index contributed by atoms with van der Waals surface area (Å²) in [4.78, 5) is 26.3. The highest BCUT2D eigenvalue weighted by Gasteiger charge is 2.23. The van der Waals surface area contributed by atoms with E-state index < -0.39 is 0 Å². The lowest BCUT2D eigenvalue weighted by molar-refractivity contribution is 1.06. The van der Waals surface area contributed by atoms with Gasteiger partial charge in [0.25, 0.3) is 0 Å². The number of para-hydroxylation sites is 1. The first-order chi connectivity index (χ1) is 30.7. The van der Waals surface area contributed by atoms with Gasteiger partial charge in [-0.25, -0.2) is 24.9 Å². The molecule has 0 amide bonds. The van der Waals surface area contributed by atoms with Crippen LogP contribution in [0.25, 0.3) is 116 Å². The summed E-state index contributed by atoms with van der Waals surface area (Å²) >= 11 is 1.72. The molecular formula is C55H34N6S. The number of rotatable bonds is 7. The van der Waals surface area contributed by atoms with E-state index in [9.17, 15) is 0 Å². The Morgan fingerprint density at radius 3 is 1.55 bits per heavy atom. The van der Waals surface area contributed by atoms with Crippen LogP contribution in [-0.4, -0.2) is 29.5 Å². The Hall–Kier alpha value is -8.13. The minimum Gasteiger partial charge on any atom is -0.308 e. The van der Waals surface area contributed by atoms with Gasteiger partial charge in [-0.15, -0.1) is 11.3 Å². The summed E-state index contributed by atoms with van der Waals surface area (Å²) in [6.07, 6.45) is 0. The fourth-order valence-electron chi connectivity index (χ4n) is 8.63. The van der Waals surface area contributed by atoms with E-state index in [-0.39, 0.29) is 0 Å². The first-order valence-corrected chi connectivity index (χ1v) is 21.4. The molecule has 4 aromatic heterocycles. The van der Waals surface area contributed by atoms with Crippen LogP contribution in [0.2, 0.25) is 0 Å². The van der Waals surface area contributed by atoms with Gasteiger partial charge in [0.05, 0.1) is 32.6 Å². The molecule has 12 aromatic rings. The van der Waals surface area contributed by atoms with Crippen LogP contribution in [0.4, 0.5) is 0 Å². The first kappa shape index (κ1) is 35.8. The van der Waals surface area contributed by atoms with Gasteiger partial charge in [-0.3, -0.25) is 0 Å². The highest BCUT2D eigenvalue weighted by molar-refractivity contribution is 7.26. The van der Waals surface area contributed by atoms with E-state index in [1.165, 1.54) is 16.5 Å². The van der Waals surface area contributed by atoms with Gasteiger partial charge in [-0.1, -0.05) is 176 Å². The second-order valence-corrected chi connectivity index (χ2v) is 16.3. The summed E-state index contributed by atoms with van der Waals surface area (Å²) < 4.78 is 4.56. The largest absolute Gasteiger partial charge is 0.308 e. The van der Waals surface area contributed by atoms with Gasteiger partial charge in [0.1, 0.15) is 0 Å². The van der Waals surface area contributed by atoms with E-state index in [4.69, 9.17) is 24.9 Å². The molecule has 0 aliphatic heterocycles. The molecular weight excluding hydrogens is 777 g/mol. The van der Waals surface area contributed by atoms with E-state index in [1.807, 2.05) is 78.9 Å². The summed E-state index contributed by atoms with van der Waals surface area (Å²) in [5.41, 5.74) is 11.8. The number of nitrogens with zero attached hydrogens (tertiary/aromatic N) is 6. The van der Waals surface area contributed by atoms with Crippen molar-refractivity contribution in [2.45, 2.75) is 0 Å². The standard InChI is InChI=1S/C55H34N6S/c1-5-18-35(19-6-1)40-28-17-30-46-48(40)41-26-13-15-29-44(41)61(46)45-33-32-39(49-51-50(42-27-14-16-31-47(42)62-51)57-52(56-49)36-20-7-2-8-21-36)34-43(45)55-59-53(37-22-9-3-10-23-37)58-54(60-55)38-24-11-4-12-25-38/h1-34H. The predicted octanol–water partition coefficient (Wildman–Crippen LogP) is 14.1. The Kier molecular flexibility index (Phi) is 8.57. The normalized spacial score (nSPS) is 11.5. The Balaban J connectivity index is 1.19. The zero-order valence-corrected chi connectivity index (χ0v) is 34.0. The van der Waals surface area contributed by atoms with E-state index in [0.29, 0.717) is 23.3 Å². The number of thiophene rings is 1. The third-order valence-corrected chi connectivity index (χ3v) is 12.7. The molecule has 0 aliphatic rings. The maximum Gasteiger partial charge on any atom is 0.166 e. The van der Waals surface area contributed by atoms with Crippen molar-refractivity contribution >= 4 is 53.4 Å². The molecule has 8 aromatic carbocycles. The van der Waals surface area contributed by atoms with E-state index >= 15 is 0 Å². The second kappa shape index (κ2) is 14.9. The second-order valence-electron chi connectivity index (χ2n) is 15.2. The molecule has 0 saturated carbocycles. The van der Waals surface area contributed by atoms with Crippen molar-refractivity contribution in [2.75, 3.05) is 0 Å². The summed E-state index contributed by atoms with van der Waals surface area (Å²) in [7, 11) is 0. The molecule has 6 nitrogen and oxygen atoms in total. The fraction of sp³-hybridized carbons (Fsp3) is 0. The van der Waals surface area contributed by atoms with Crippen molar-refractivity contribution in [3.05, 3.63) is 206 Å². The van der Waals surface area contributed by atoms with Crippen molar-refractivity contribution in [3.63, 3.8) is 0 Å². The average molecular weight is 811 g/mol. The summed E-state index contributed by atoms with van der Waals surface area (Å²) in [5.74, 6) is 2.43. The average Bonchev–Trinajstić information content (AvgIpc) is 3.90. The lowest BCUT2D eigenvalue weighted by Crippen LogP contribution is -2.04. The highest BCUT2D eigenvalue weighted by atomic mass is 32.1. The van der Waals surface area contributed by atoms with E-state index in [0.717, 1.165) is 75.9 Å². The Morgan fingerprint density at radius 1 is 0.355 bits per heavy atom. The van der Waals surface area contributed by atoms with Gasteiger partial charge in [0, 0.05) is 48.7 Å². The van der Waals surface area contributed by atoms with Crippen LogP contribution in [0.5, 0.6) is 0 Å². The molecule has 0 spiro atoms. The molecule has 0 aliphatic carbocycles. The molecule has 12 rings (SSSR count). The molecule has 62 heavy (non-hydrogen) atoms. The molecule has 7 heteroatoms. The van der Waals surface area contributed by atoms with Crippen LogP contribution in [0.3, 0.4) is 0 Å². The fourth-order valence-corrected chi connectivity index (χ4v) is 9.78. The van der Waals surface area contributed by atoms with Gasteiger partial charge in [0.15, 0.2) is 23.3 Å². The number of aromatic nitrogens is 6. The van der Waals surface area contributed by atoms with Crippen LogP contribution >= 0.6 is 11.3 Å². The van der Waals surface area contributed by atoms with Gasteiger partial charge in [0.2, 0.25) is 0 Å². The van der Waals surface area contributed by atoms with Crippen molar-refractivity contribution in [3.8, 4) is 73.6 Å². The van der Waals surface area contributed by atoms with Crippen molar-refractivity contribution in [1.29, 1.82) is 0 Å². The molecule has 0 fully saturated rings. The van der Waals surface area contributed by atoms with Crippen LogP contribution in [0.15, 0.2) is 206 Å². The number of hydrogen-bond acceptors (Lipinski definition) is 6. The molecule has 0 unspecified atom stereocenters. The molecule has 0 saturated heterocycles. The third-order valence-electron chi connectivity index (χ3n) is 11.5.